The zero-order chi connectivity index (χ0) is 12.8. The van der Waals surface area contributed by atoms with Gasteiger partial charge in [0.2, 0.25) is 5.91 Å². The Labute approximate surface area is 100 Å². The van der Waals surface area contributed by atoms with E-state index in [0.717, 1.165) is 5.56 Å². The Morgan fingerprint density at radius 1 is 1.47 bits per heavy atom. The van der Waals surface area contributed by atoms with Gasteiger partial charge < -0.3 is 20.3 Å². The van der Waals surface area contributed by atoms with Gasteiger partial charge in [0.15, 0.2) is 11.5 Å². The molecule has 1 aromatic carbocycles. The Kier molecular flexibility index (Phi) is 4.78. The van der Waals surface area contributed by atoms with E-state index in [9.17, 15) is 4.79 Å². The maximum absolute atomic E-state index is 10.9. The quantitative estimate of drug-likeness (QED) is 0.765. The van der Waals surface area contributed by atoms with Crippen LogP contribution in [0.1, 0.15) is 12.5 Å². The molecule has 0 aliphatic rings. The molecule has 0 aliphatic carbocycles. The largest absolute Gasteiger partial charge is 0.493 e. The second-order valence-electron chi connectivity index (χ2n) is 3.76. The smallest absolute Gasteiger partial charge is 0.223 e. The fourth-order valence-corrected chi connectivity index (χ4v) is 1.23. The molecule has 0 fully saturated rings. The molecule has 1 aromatic rings. The number of hydrogen-bond acceptors (Lipinski definition) is 4. The van der Waals surface area contributed by atoms with Crippen molar-refractivity contribution in [2.24, 2.45) is 11.7 Å². The highest BCUT2D eigenvalue weighted by Crippen LogP contribution is 2.28. The van der Waals surface area contributed by atoms with E-state index in [0.29, 0.717) is 11.5 Å². The summed E-state index contributed by atoms with van der Waals surface area (Å²) in [5.41, 5.74) is 5.87. The lowest BCUT2D eigenvalue weighted by Gasteiger charge is -2.13. The summed E-state index contributed by atoms with van der Waals surface area (Å²) in [4.78, 5) is 10.9. The Balaban J connectivity index is 2.73. The first-order valence-electron chi connectivity index (χ1n) is 5.28. The van der Waals surface area contributed by atoms with Crippen LogP contribution < -0.4 is 15.2 Å². The number of nitrogens with two attached hydrogens (primary N) is 1. The van der Waals surface area contributed by atoms with E-state index in [4.69, 9.17) is 20.3 Å². The summed E-state index contributed by atoms with van der Waals surface area (Å²) in [6.07, 6.45) is 0. The van der Waals surface area contributed by atoms with E-state index in [1.165, 1.54) is 7.11 Å². The van der Waals surface area contributed by atoms with Crippen molar-refractivity contribution in [3.8, 4) is 11.5 Å². The van der Waals surface area contributed by atoms with Crippen molar-refractivity contribution >= 4 is 5.91 Å². The van der Waals surface area contributed by atoms with Crippen molar-refractivity contribution in [2.45, 2.75) is 13.5 Å². The second-order valence-corrected chi connectivity index (χ2v) is 3.76. The maximum Gasteiger partial charge on any atom is 0.223 e. The summed E-state index contributed by atoms with van der Waals surface area (Å²) >= 11 is 0. The Morgan fingerprint density at radius 3 is 2.71 bits per heavy atom. The van der Waals surface area contributed by atoms with Gasteiger partial charge in [-0.1, -0.05) is 13.0 Å². The number of aliphatic hydroxyl groups excluding tert-OH is 1. The van der Waals surface area contributed by atoms with Crippen LogP contribution >= 0.6 is 0 Å². The van der Waals surface area contributed by atoms with Crippen LogP contribution in [0.25, 0.3) is 0 Å². The van der Waals surface area contributed by atoms with E-state index in [2.05, 4.69) is 0 Å². The van der Waals surface area contributed by atoms with Gasteiger partial charge >= 0.3 is 0 Å². The molecule has 1 amide bonds. The summed E-state index contributed by atoms with van der Waals surface area (Å²) in [5, 5.41) is 8.98. The zero-order valence-electron chi connectivity index (χ0n) is 9.97. The number of amides is 1. The number of rotatable bonds is 6. The first kappa shape index (κ1) is 13.3. The number of carbonyl (C=O) groups excluding carboxylic acids is 1. The molecule has 0 heterocycles. The molecule has 17 heavy (non-hydrogen) atoms. The van der Waals surface area contributed by atoms with Crippen molar-refractivity contribution in [1.29, 1.82) is 0 Å². The van der Waals surface area contributed by atoms with Crippen molar-refractivity contribution < 1.29 is 19.4 Å². The van der Waals surface area contributed by atoms with Gasteiger partial charge in [0.25, 0.3) is 0 Å². The molecular weight excluding hydrogens is 222 g/mol. The highest BCUT2D eigenvalue weighted by atomic mass is 16.5. The second kappa shape index (κ2) is 6.10. The van der Waals surface area contributed by atoms with E-state index in [1.54, 1.807) is 25.1 Å². The zero-order valence-corrected chi connectivity index (χ0v) is 9.97. The van der Waals surface area contributed by atoms with Gasteiger partial charge in [-0.05, 0) is 17.7 Å². The fraction of sp³-hybridized carbons (Fsp3) is 0.417. The van der Waals surface area contributed by atoms with Crippen molar-refractivity contribution in [3.05, 3.63) is 23.8 Å². The molecule has 0 spiro atoms. The lowest BCUT2D eigenvalue weighted by Crippen LogP contribution is -2.25. The fourth-order valence-electron chi connectivity index (χ4n) is 1.23. The lowest BCUT2D eigenvalue weighted by molar-refractivity contribution is -0.122. The van der Waals surface area contributed by atoms with Gasteiger partial charge in [-0.3, -0.25) is 4.79 Å². The molecule has 0 saturated carbocycles. The minimum absolute atomic E-state index is 0.0612. The SMILES string of the molecule is COc1cc(CO)ccc1OCC(C)C(N)=O. The van der Waals surface area contributed by atoms with Gasteiger partial charge in [-0.25, -0.2) is 0 Å². The molecule has 0 aliphatic heterocycles. The van der Waals surface area contributed by atoms with Crippen LogP contribution in [-0.2, 0) is 11.4 Å². The number of benzene rings is 1. The topological polar surface area (TPSA) is 81.8 Å². The molecular formula is C12H17NO4. The summed E-state index contributed by atoms with van der Waals surface area (Å²) in [7, 11) is 1.51. The van der Waals surface area contributed by atoms with Gasteiger partial charge in [0.1, 0.15) is 0 Å². The summed E-state index contributed by atoms with van der Waals surface area (Å²) in [6.45, 7) is 1.83. The normalized spacial score (nSPS) is 11.9. The van der Waals surface area contributed by atoms with Gasteiger partial charge in [0, 0.05) is 0 Å². The molecule has 0 bridgehead atoms. The highest BCUT2D eigenvalue weighted by Gasteiger charge is 2.11. The van der Waals surface area contributed by atoms with Crippen LogP contribution in [0.2, 0.25) is 0 Å². The van der Waals surface area contributed by atoms with E-state index >= 15 is 0 Å². The maximum atomic E-state index is 10.9. The molecule has 3 N–H and O–H groups in total. The molecule has 5 nitrogen and oxygen atoms in total. The third-order valence-corrected chi connectivity index (χ3v) is 2.39. The number of hydrogen-bond donors (Lipinski definition) is 2. The van der Waals surface area contributed by atoms with E-state index in [-0.39, 0.29) is 19.1 Å². The number of aliphatic hydroxyl groups is 1. The van der Waals surface area contributed by atoms with Crippen molar-refractivity contribution in [1.82, 2.24) is 0 Å². The van der Waals surface area contributed by atoms with Crippen LogP contribution in [0.3, 0.4) is 0 Å². The third kappa shape index (κ3) is 3.64. The summed E-state index contributed by atoms with van der Waals surface area (Å²) in [5.74, 6) is 0.277. The van der Waals surface area contributed by atoms with E-state index < -0.39 is 5.91 Å². The monoisotopic (exact) mass is 239 g/mol. The van der Waals surface area contributed by atoms with Crippen LogP contribution in [0.4, 0.5) is 0 Å². The minimum atomic E-state index is -0.407. The van der Waals surface area contributed by atoms with Gasteiger partial charge in [0.05, 0.1) is 26.2 Å². The molecule has 0 radical (unpaired) electrons. The Morgan fingerprint density at radius 2 is 2.18 bits per heavy atom. The number of ether oxygens (including phenoxy) is 2. The summed E-state index contributed by atoms with van der Waals surface area (Å²) < 4.78 is 10.6. The van der Waals surface area contributed by atoms with Crippen LogP contribution in [0.15, 0.2) is 18.2 Å². The standard InChI is InChI=1S/C12H17NO4/c1-8(12(13)15)7-17-10-4-3-9(6-14)5-11(10)16-2/h3-5,8,14H,6-7H2,1-2H3,(H2,13,15). The average Bonchev–Trinajstić information content (AvgIpc) is 2.35. The molecule has 5 heteroatoms. The summed E-state index contributed by atoms with van der Waals surface area (Å²) in [6, 6.07) is 5.11. The number of carbonyl (C=O) groups is 1. The molecule has 1 atom stereocenters. The minimum Gasteiger partial charge on any atom is -0.493 e. The Bertz CT molecular complexity index is 392. The lowest BCUT2D eigenvalue weighted by atomic mass is 10.2. The molecule has 1 unspecified atom stereocenters. The first-order valence-corrected chi connectivity index (χ1v) is 5.28. The predicted molar refractivity (Wildman–Crippen MR) is 62.8 cm³/mol. The van der Waals surface area contributed by atoms with Gasteiger partial charge in [-0.15, -0.1) is 0 Å². The van der Waals surface area contributed by atoms with Crippen LogP contribution in [-0.4, -0.2) is 24.7 Å². The molecule has 0 aromatic heterocycles. The molecule has 94 valence electrons. The van der Waals surface area contributed by atoms with Crippen molar-refractivity contribution in [2.75, 3.05) is 13.7 Å². The first-order chi connectivity index (χ1) is 8.08. The molecule has 1 rings (SSSR count). The van der Waals surface area contributed by atoms with Crippen LogP contribution in [0.5, 0.6) is 11.5 Å². The van der Waals surface area contributed by atoms with E-state index in [1.807, 2.05) is 0 Å². The molecule has 0 saturated heterocycles. The average molecular weight is 239 g/mol. The van der Waals surface area contributed by atoms with Crippen LogP contribution in [0, 0.1) is 5.92 Å². The Hall–Kier alpha value is -1.75. The highest BCUT2D eigenvalue weighted by molar-refractivity contribution is 5.76. The third-order valence-electron chi connectivity index (χ3n) is 2.39. The predicted octanol–water partition coefficient (Wildman–Crippen LogP) is 0.688. The van der Waals surface area contributed by atoms with Gasteiger partial charge in [-0.2, -0.15) is 0 Å². The number of methoxy groups -OCH3 is 1. The number of primary amides is 1. The van der Waals surface area contributed by atoms with Crippen molar-refractivity contribution in [3.63, 3.8) is 0 Å².